The summed E-state index contributed by atoms with van der Waals surface area (Å²) in [5.41, 5.74) is 0.409. The van der Waals surface area contributed by atoms with Crippen LogP contribution in [-0.4, -0.2) is 13.6 Å². The smallest absolute Gasteiger partial charge is 0.144 e. The Balaban J connectivity index is 3.04. The molecule has 1 aromatic rings. The number of hydrogen-bond acceptors (Lipinski definition) is 1. The van der Waals surface area contributed by atoms with Crippen molar-refractivity contribution < 1.29 is 4.39 Å². The van der Waals surface area contributed by atoms with Gasteiger partial charge < -0.3 is 5.32 Å². The Kier molecular flexibility index (Phi) is 4.21. The predicted octanol–water partition coefficient (Wildman–Crippen LogP) is 2.70. The quantitative estimate of drug-likeness (QED) is 0.579. The van der Waals surface area contributed by atoms with E-state index in [0.29, 0.717) is 17.1 Å². The van der Waals surface area contributed by atoms with Crippen LogP contribution in [0.2, 0.25) is 10.0 Å². The molecule has 0 spiro atoms. The molecule has 0 amide bonds. The molecule has 0 aliphatic carbocycles. The van der Waals surface area contributed by atoms with Gasteiger partial charge in [-0.2, -0.15) is 0 Å². The fraction of sp³-hybridized carbons (Fsp3) is 0.200. The van der Waals surface area contributed by atoms with Gasteiger partial charge in [0.25, 0.3) is 0 Å². The van der Waals surface area contributed by atoms with Gasteiger partial charge in [-0.3, -0.25) is 0 Å². The lowest BCUT2D eigenvalue weighted by atomic mass is 10.2. The highest BCUT2D eigenvalue weighted by molar-refractivity contribution is 6.34. The second-order valence-corrected chi connectivity index (χ2v) is 3.40. The highest BCUT2D eigenvalue weighted by Gasteiger charge is 2.05. The lowest BCUT2D eigenvalue weighted by Gasteiger charge is -1.98. The molecule has 0 unspecified atom stereocenters. The van der Waals surface area contributed by atoms with Crippen molar-refractivity contribution >= 4 is 23.2 Å². The lowest BCUT2D eigenvalue weighted by molar-refractivity contribution is 0.628. The van der Waals surface area contributed by atoms with E-state index in [2.05, 4.69) is 17.2 Å². The monoisotopic (exact) mass is 231 g/mol. The Morgan fingerprint density at radius 3 is 2.79 bits per heavy atom. The first-order valence-electron chi connectivity index (χ1n) is 3.93. The summed E-state index contributed by atoms with van der Waals surface area (Å²) in [6.07, 6.45) is 0. The van der Waals surface area contributed by atoms with Crippen LogP contribution < -0.4 is 5.32 Å². The van der Waals surface area contributed by atoms with Gasteiger partial charge in [0.05, 0.1) is 11.6 Å². The van der Waals surface area contributed by atoms with Crippen LogP contribution in [0.15, 0.2) is 12.1 Å². The van der Waals surface area contributed by atoms with Crippen LogP contribution in [0, 0.1) is 17.7 Å². The van der Waals surface area contributed by atoms with E-state index in [0.717, 1.165) is 6.07 Å². The molecule has 0 saturated heterocycles. The third kappa shape index (κ3) is 2.88. The van der Waals surface area contributed by atoms with Crippen LogP contribution in [0.25, 0.3) is 0 Å². The van der Waals surface area contributed by atoms with Crippen molar-refractivity contribution in [2.45, 2.75) is 0 Å². The number of halogens is 3. The molecule has 0 aliphatic rings. The van der Waals surface area contributed by atoms with Crippen molar-refractivity contribution in [3.05, 3.63) is 33.6 Å². The number of benzene rings is 1. The van der Waals surface area contributed by atoms with Gasteiger partial charge in [0.15, 0.2) is 0 Å². The Morgan fingerprint density at radius 2 is 2.14 bits per heavy atom. The van der Waals surface area contributed by atoms with Crippen LogP contribution >= 0.6 is 23.2 Å². The minimum Gasteiger partial charge on any atom is -0.309 e. The first-order valence-corrected chi connectivity index (χ1v) is 4.68. The molecule has 1 N–H and O–H groups in total. The van der Waals surface area contributed by atoms with Gasteiger partial charge in [0.2, 0.25) is 0 Å². The van der Waals surface area contributed by atoms with Gasteiger partial charge in [0, 0.05) is 10.6 Å². The summed E-state index contributed by atoms with van der Waals surface area (Å²) in [6.45, 7) is 0.518. The molecule has 0 bridgehead atoms. The van der Waals surface area contributed by atoms with Crippen LogP contribution in [0.1, 0.15) is 5.56 Å². The van der Waals surface area contributed by atoms with Gasteiger partial charge in [-0.25, -0.2) is 4.39 Å². The average molecular weight is 232 g/mol. The summed E-state index contributed by atoms with van der Waals surface area (Å²) < 4.78 is 13.0. The minimum atomic E-state index is -0.548. The van der Waals surface area contributed by atoms with Crippen LogP contribution in [0.4, 0.5) is 4.39 Å². The molecule has 0 aromatic heterocycles. The fourth-order valence-corrected chi connectivity index (χ4v) is 1.24. The van der Waals surface area contributed by atoms with E-state index in [9.17, 15) is 4.39 Å². The summed E-state index contributed by atoms with van der Waals surface area (Å²) in [6, 6.07) is 2.70. The highest BCUT2D eigenvalue weighted by Crippen LogP contribution is 2.23. The molecule has 74 valence electrons. The van der Waals surface area contributed by atoms with Gasteiger partial charge in [-0.15, -0.1) is 0 Å². The van der Waals surface area contributed by atoms with E-state index in [1.807, 2.05) is 0 Å². The van der Waals surface area contributed by atoms with Crippen LogP contribution in [0.3, 0.4) is 0 Å². The molecule has 1 rings (SSSR count). The number of hydrogen-bond donors (Lipinski definition) is 1. The number of nitrogens with one attached hydrogen (secondary N) is 1. The van der Waals surface area contributed by atoms with Crippen LogP contribution in [0.5, 0.6) is 0 Å². The molecule has 0 saturated carbocycles. The maximum Gasteiger partial charge on any atom is 0.144 e. The average Bonchev–Trinajstić information content (AvgIpc) is 2.13. The first-order chi connectivity index (χ1) is 6.65. The lowest BCUT2D eigenvalue weighted by Crippen LogP contribution is -2.04. The highest BCUT2D eigenvalue weighted by atomic mass is 35.5. The second kappa shape index (κ2) is 5.21. The van der Waals surface area contributed by atoms with Gasteiger partial charge in [-0.05, 0) is 19.2 Å². The molecule has 0 aliphatic heterocycles. The number of rotatable bonds is 1. The van der Waals surface area contributed by atoms with Crippen molar-refractivity contribution in [2.24, 2.45) is 0 Å². The molecule has 1 nitrogen and oxygen atoms in total. The molecule has 1 aromatic carbocycles. The van der Waals surface area contributed by atoms with E-state index in [1.54, 1.807) is 7.05 Å². The minimum absolute atomic E-state index is 0.0120. The van der Waals surface area contributed by atoms with E-state index in [1.165, 1.54) is 6.07 Å². The summed E-state index contributed by atoms with van der Waals surface area (Å²) >= 11 is 11.3. The van der Waals surface area contributed by atoms with E-state index in [-0.39, 0.29) is 5.02 Å². The van der Waals surface area contributed by atoms with Gasteiger partial charge in [0.1, 0.15) is 5.82 Å². The van der Waals surface area contributed by atoms with Crippen molar-refractivity contribution in [1.29, 1.82) is 0 Å². The molecule has 0 heterocycles. The molecule has 14 heavy (non-hydrogen) atoms. The Morgan fingerprint density at radius 1 is 1.43 bits per heavy atom. The van der Waals surface area contributed by atoms with E-state index < -0.39 is 5.82 Å². The largest absolute Gasteiger partial charge is 0.309 e. The zero-order valence-corrected chi connectivity index (χ0v) is 9.01. The fourth-order valence-electron chi connectivity index (χ4n) is 0.875. The third-order valence-electron chi connectivity index (χ3n) is 1.48. The molecule has 0 radical (unpaired) electrons. The first kappa shape index (κ1) is 11.3. The van der Waals surface area contributed by atoms with Gasteiger partial charge >= 0.3 is 0 Å². The Bertz CT molecular complexity index is 393. The molecule has 0 fully saturated rings. The normalized spacial score (nSPS) is 9.43. The van der Waals surface area contributed by atoms with Crippen molar-refractivity contribution in [3.63, 3.8) is 0 Å². The summed E-state index contributed by atoms with van der Waals surface area (Å²) in [5, 5.41) is 3.15. The molecule has 0 atom stereocenters. The van der Waals surface area contributed by atoms with Crippen LogP contribution in [-0.2, 0) is 0 Å². The third-order valence-corrected chi connectivity index (χ3v) is 2.08. The Labute approximate surface area is 92.2 Å². The maximum absolute atomic E-state index is 13.0. The Hall–Kier alpha value is -0.750. The van der Waals surface area contributed by atoms with E-state index in [4.69, 9.17) is 23.2 Å². The molecular weight excluding hydrogens is 224 g/mol. The predicted molar refractivity (Wildman–Crippen MR) is 57.2 cm³/mol. The van der Waals surface area contributed by atoms with Crippen molar-refractivity contribution in [1.82, 2.24) is 5.32 Å². The summed E-state index contributed by atoms with van der Waals surface area (Å²) in [5.74, 6) is 4.95. The van der Waals surface area contributed by atoms with E-state index >= 15 is 0 Å². The van der Waals surface area contributed by atoms with Crippen molar-refractivity contribution in [2.75, 3.05) is 13.6 Å². The summed E-state index contributed by atoms with van der Waals surface area (Å²) in [7, 11) is 1.77. The topological polar surface area (TPSA) is 12.0 Å². The standard InChI is InChI=1S/C10H8Cl2FN/c1-14-4-2-3-7-5-8(11)6-9(13)10(7)12/h5-6,14H,4H2,1H3. The zero-order chi connectivity index (χ0) is 10.6. The summed E-state index contributed by atoms with van der Waals surface area (Å²) in [4.78, 5) is 0. The SMILES string of the molecule is CNCC#Cc1cc(Cl)cc(F)c1Cl. The zero-order valence-electron chi connectivity index (χ0n) is 7.50. The molecular formula is C10H8Cl2FN. The maximum atomic E-state index is 13.0. The second-order valence-electron chi connectivity index (χ2n) is 2.58. The molecule has 4 heteroatoms. The van der Waals surface area contributed by atoms with Crippen molar-refractivity contribution in [3.8, 4) is 11.8 Å². The van der Waals surface area contributed by atoms with Gasteiger partial charge in [-0.1, -0.05) is 35.0 Å².